The van der Waals surface area contributed by atoms with Crippen molar-refractivity contribution >= 4 is 64.4 Å². The molecule has 3 heteroatoms. The van der Waals surface area contributed by atoms with Crippen LogP contribution in [0.25, 0.3) is 74.4 Å². The summed E-state index contributed by atoms with van der Waals surface area (Å²) in [6.07, 6.45) is 0. The lowest BCUT2D eigenvalue weighted by Gasteiger charge is -2.16. The topological polar surface area (TPSA) is 9.23 Å². The largest absolute Gasteiger partial charge is 0.497 e. The molecule has 190 valence electrons. The van der Waals surface area contributed by atoms with E-state index >= 15 is 0 Å². The Morgan fingerprint density at radius 3 is 2.10 bits per heavy atom. The number of thiophene rings is 2. The van der Waals surface area contributed by atoms with Crippen molar-refractivity contribution in [2.75, 3.05) is 7.11 Å². The molecule has 0 spiro atoms. The highest BCUT2D eigenvalue weighted by Gasteiger charge is 2.18. The maximum atomic E-state index is 5.47. The summed E-state index contributed by atoms with van der Waals surface area (Å²) in [5, 5.41) is 9.98. The van der Waals surface area contributed by atoms with Gasteiger partial charge in [0.25, 0.3) is 0 Å². The summed E-state index contributed by atoms with van der Waals surface area (Å²) in [6, 6.07) is 44.2. The molecule has 0 fully saturated rings. The summed E-state index contributed by atoms with van der Waals surface area (Å²) < 4.78 is 8.15. The molecule has 0 amide bonds. The molecule has 0 N–H and O–H groups in total. The molecule has 0 unspecified atom stereocenters. The Bertz CT molecular complexity index is 2170. The third-order valence-electron chi connectivity index (χ3n) is 7.87. The van der Waals surface area contributed by atoms with Gasteiger partial charge in [-0.25, -0.2) is 0 Å². The van der Waals surface area contributed by atoms with Gasteiger partial charge in [0, 0.05) is 36.0 Å². The minimum atomic E-state index is 0.868. The van der Waals surface area contributed by atoms with E-state index in [1.165, 1.54) is 74.4 Å². The van der Waals surface area contributed by atoms with Gasteiger partial charge in [-0.15, -0.1) is 22.7 Å². The van der Waals surface area contributed by atoms with E-state index in [1.807, 2.05) is 11.3 Å². The molecular formula is C37H24OS2. The van der Waals surface area contributed by atoms with Gasteiger partial charge in [0.1, 0.15) is 5.75 Å². The van der Waals surface area contributed by atoms with Gasteiger partial charge in [0.15, 0.2) is 0 Å². The first-order chi connectivity index (χ1) is 19.8. The molecular weight excluding hydrogens is 525 g/mol. The summed E-state index contributed by atoms with van der Waals surface area (Å²) >= 11 is 3.70. The van der Waals surface area contributed by atoms with Crippen molar-refractivity contribution in [3.8, 4) is 38.4 Å². The molecule has 1 nitrogen and oxygen atoms in total. The summed E-state index contributed by atoms with van der Waals surface area (Å²) in [5.41, 5.74) is 6.22. The monoisotopic (exact) mass is 548 g/mol. The second kappa shape index (κ2) is 9.34. The summed E-state index contributed by atoms with van der Waals surface area (Å²) in [5.74, 6) is 0.868. The van der Waals surface area contributed by atoms with E-state index in [2.05, 4.69) is 127 Å². The van der Waals surface area contributed by atoms with Gasteiger partial charge < -0.3 is 4.74 Å². The Labute approximate surface area is 240 Å². The average molecular weight is 549 g/mol. The van der Waals surface area contributed by atoms with E-state index in [1.54, 1.807) is 18.4 Å². The smallest absolute Gasteiger partial charge is 0.118 e. The van der Waals surface area contributed by atoms with Crippen LogP contribution in [0.3, 0.4) is 0 Å². The minimum absolute atomic E-state index is 0.868. The van der Waals surface area contributed by atoms with Gasteiger partial charge in [-0.05, 0) is 86.3 Å². The number of fused-ring (bicyclic) bond motifs is 7. The molecule has 0 bridgehead atoms. The lowest BCUT2D eigenvalue weighted by molar-refractivity contribution is 0.415. The Hall–Kier alpha value is -4.44. The maximum absolute atomic E-state index is 5.47. The van der Waals surface area contributed by atoms with Gasteiger partial charge in [0.2, 0.25) is 0 Å². The Balaban J connectivity index is 1.55. The zero-order valence-corrected chi connectivity index (χ0v) is 23.5. The van der Waals surface area contributed by atoms with Gasteiger partial charge in [-0.2, -0.15) is 0 Å². The van der Waals surface area contributed by atoms with Crippen molar-refractivity contribution in [1.29, 1.82) is 0 Å². The SMILES string of the molecule is COc1ccc(-c2cc3cc(-c4ccccc4)c(-c4cccs4)cc3c3c2ccc2c4ccccc4sc23)cc1. The highest BCUT2D eigenvalue weighted by Crippen LogP contribution is 2.47. The van der Waals surface area contributed by atoms with Crippen LogP contribution in [0.1, 0.15) is 0 Å². The molecule has 2 aromatic heterocycles. The molecule has 0 saturated carbocycles. The molecule has 0 radical (unpaired) electrons. The Kier molecular flexibility index (Phi) is 5.47. The Morgan fingerprint density at radius 2 is 1.30 bits per heavy atom. The molecule has 8 rings (SSSR count). The predicted molar refractivity (Wildman–Crippen MR) is 175 cm³/mol. The summed E-state index contributed by atoms with van der Waals surface area (Å²) in [6.45, 7) is 0. The van der Waals surface area contributed by atoms with Crippen LogP contribution in [0, 0.1) is 0 Å². The molecule has 0 saturated heterocycles. The van der Waals surface area contributed by atoms with Gasteiger partial charge >= 0.3 is 0 Å². The molecule has 6 aromatic carbocycles. The van der Waals surface area contributed by atoms with Crippen molar-refractivity contribution in [2.24, 2.45) is 0 Å². The zero-order chi connectivity index (χ0) is 26.6. The van der Waals surface area contributed by atoms with Gasteiger partial charge in [0.05, 0.1) is 7.11 Å². The van der Waals surface area contributed by atoms with Crippen LogP contribution >= 0.6 is 22.7 Å². The summed E-state index contributed by atoms with van der Waals surface area (Å²) in [7, 11) is 1.72. The number of ether oxygens (including phenoxy) is 1. The third-order valence-corrected chi connectivity index (χ3v) is 9.98. The molecule has 0 aliphatic rings. The van der Waals surface area contributed by atoms with Gasteiger partial charge in [-0.1, -0.05) is 78.9 Å². The van der Waals surface area contributed by atoms with E-state index in [4.69, 9.17) is 4.74 Å². The molecule has 0 aliphatic carbocycles. The fourth-order valence-electron chi connectivity index (χ4n) is 5.97. The quantitative estimate of drug-likeness (QED) is 0.199. The zero-order valence-electron chi connectivity index (χ0n) is 21.8. The molecule has 40 heavy (non-hydrogen) atoms. The number of benzene rings is 6. The van der Waals surface area contributed by atoms with E-state index in [-0.39, 0.29) is 0 Å². The predicted octanol–water partition coefficient (Wildman–Crippen LogP) is 11.4. The minimum Gasteiger partial charge on any atom is -0.497 e. The van der Waals surface area contributed by atoms with Crippen LogP contribution in [-0.4, -0.2) is 7.11 Å². The third kappa shape index (κ3) is 3.66. The van der Waals surface area contributed by atoms with Crippen molar-refractivity contribution in [2.45, 2.75) is 0 Å². The maximum Gasteiger partial charge on any atom is 0.118 e. The standard InChI is InChI=1S/C37H24OS2/c1-38-26-15-13-24(14-16-26)30-20-25-21-31(23-8-3-2-4-9-23)33(34-12-7-19-39-34)22-32(25)36-28(30)17-18-29-27-10-5-6-11-35(27)40-37(29)36/h2-22H,1H3. The fraction of sp³-hybridized carbons (Fsp3) is 0.0270. The Morgan fingerprint density at radius 1 is 0.550 bits per heavy atom. The van der Waals surface area contributed by atoms with Crippen molar-refractivity contribution in [3.63, 3.8) is 0 Å². The van der Waals surface area contributed by atoms with Crippen LogP contribution in [0.5, 0.6) is 5.75 Å². The fourth-order valence-corrected chi connectivity index (χ4v) is 7.99. The number of hydrogen-bond acceptors (Lipinski definition) is 3. The van der Waals surface area contributed by atoms with Gasteiger partial charge in [-0.3, -0.25) is 0 Å². The second-order valence-electron chi connectivity index (χ2n) is 10.1. The van der Waals surface area contributed by atoms with E-state index in [0.29, 0.717) is 0 Å². The lowest BCUT2D eigenvalue weighted by Crippen LogP contribution is -1.90. The number of methoxy groups -OCH3 is 1. The molecule has 2 heterocycles. The van der Waals surface area contributed by atoms with Crippen LogP contribution in [-0.2, 0) is 0 Å². The summed E-state index contributed by atoms with van der Waals surface area (Å²) in [4.78, 5) is 1.29. The normalized spacial score (nSPS) is 11.6. The second-order valence-corrected chi connectivity index (χ2v) is 12.1. The van der Waals surface area contributed by atoms with Crippen LogP contribution in [0.2, 0.25) is 0 Å². The van der Waals surface area contributed by atoms with Crippen LogP contribution in [0.15, 0.2) is 127 Å². The number of hydrogen-bond donors (Lipinski definition) is 0. The van der Waals surface area contributed by atoms with Crippen molar-refractivity contribution < 1.29 is 4.74 Å². The molecule has 0 atom stereocenters. The average Bonchev–Trinajstić information content (AvgIpc) is 3.69. The highest BCUT2D eigenvalue weighted by atomic mass is 32.1. The first-order valence-corrected chi connectivity index (χ1v) is 15.1. The number of rotatable bonds is 4. The molecule has 0 aliphatic heterocycles. The van der Waals surface area contributed by atoms with E-state index in [0.717, 1.165) is 5.75 Å². The highest BCUT2D eigenvalue weighted by molar-refractivity contribution is 7.26. The first-order valence-electron chi connectivity index (χ1n) is 13.4. The van der Waals surface area contributed by atoms with Crippen LogP contribution in [0.4, 0.5) is 0 Å². The van der Waals surface area contributed by atoms with Crippen LogP contribution < -0.4 is 4.74 Å². The van der Waals surface area contributed by atoms with Crippen molar-refractivity contribution in [3.05, 3.63) is 127 Å². The van der Waals surface area contributed by atoms with E-state index < -0.39 is 0 Å². The lowest BCUT2D eigenvalue weighted by atomic mass is 9.88. The molecule has 8 aromatic rings. The van der Waals surface area contributed by atoms with E-state index in [9.17, 15) is 0 Å². The van der Waals surface area contributed by atoms with Crippen molar-refractivity contribution in [1.82, 2.24) is 0 Å². The first kappa shape index (κ1) is 23.4.